The number of β-amino-alcohol motifs (C(OH)–C–C–N with tert-alkyl or cyclic N) is 1. The normalized spacial score (nSPS) is 26.5. The molecule has 0 aromatic heterocycles. The van der Waals surface area contributed by atoms with Crippen molar-refractivity contribution in [2.24, 2.45) is 0 Å². The third-order valence-corrected chi connectivity index (χ3v) is 5.51. The van der Waals surface area contributed by atoms with Gasteiger partial charge in [-0.15, -0.1) is 0 Å². The van der Waals surface area contributed by atoms with Crippen LogP contribution < -0.4 is 9.47 Å². The van der Waals surface area contributed by atoms with E-state index in [-0.39, 0.29) is 24.8 Å². The molecule has 130 valence electrons. The van der Waals surface area contributed by atoms with Crippen molar-refractivity contribution in [3.05, 3.63) is 23.8 Å². The van der Waals surface area contributed by atoms with Crippen LogP contribution in [-0.2, 0) is 11.3 Å². The zero-order valence-corrected chi connectivity index (χ0v) is 13.9. The minimum absolute atomic E-state index is 0.0317. The lowest BCUT2D eigenvalue weighted by Crippen LogP contribution is -2.60. The van der Waals surface area contributed by atoms with Gasteiger partial charge in [0.05, 0.1) is 6.61 Å². The van der Waals surface area contributed by atoms with E-state index < -0.39 is 0 Å². The summed E-state index contributed by atoms with van der Waals surface area (Å²) in [5, 5.41) is 9.22. The fourth-order valence-corrected chi connectivity index (χ4v) is 4.35. The Kier molecular flexibility index (Phi) is 4.10. The van der Waals surface area contributed by atoms with Crippen LogP contribution in [0.5, 0.6) is 11.5 Å². The Bertz CT molecular complexity index is 633. The Morgan fingerprint density at radius 1 is 1.12 bits per heavy atom. The molecule has 1 spiro atoms. The van der Waals surface area contributed by atoms with Crippen LogP contribution in [0.4, 0.5) is 0 Å². The number of ether oxygens (including phenoxy) is 2. The van der Waals surface area contributed by atoms with E-state index in [1.165, 1.54) is 0 Å². The molecule has 6 nitrogen and oxygen atoms in total. The molecule has 3 aliphatic heterocycles. The maximum atomic E-state index is 13.1. The molecule has 1 unspecified atom stereocenters. The van der Waals surface area contributed by atoms with E-state index in [4.69, 9.17) is 9.47 Å². The molecule has 0 saturated carbocycles. The highest BCUT2D eigenvalue weighted by Crippen LogP contribution is 2.40. The van der Waals surface area contributed by atoms with Crippen molar-refractivity contribution in [2.75, 3.05) is 33.0 Å². The molecule has 3 aliphatic rings. The van der Waals surface area contributed by atoms with E-state index in [0.29, 0.717) is 6.54 Å². The first kappa shape index (κ1) is 15.7. The third kappa shape index (κ3) is 2.54. The van der Waals surface area contributed by atoms with Gasteiger partial charge < -0.3 is 19.5 Å². The first-order valence-electron chi connectivity index (χ1n) is 8.77. The largest absolute Gasteiger partial charge is 0.454 e. The molecule has 2 saturated heterocycles. The average Bonchev–Trinajstić information content (AvgIpc) is 3.20. The number of hydrogen-bond acceptors (Lipinski definition) is 5. The number of piperidine rings is 1. The molecule has 1 aromatic carbocycles. The van der Waals surface area contributed by atoms with Crippen molar-refractivity contribution in [3.63, 3.8) is 0 Å². The molecule has 6 heteroatoms. The van der Waals surface area contributed by atoms with Gasteiger partial charge in [-0.1, -0.05) is 6.07 Å². The molecule has 4 rings (SSSR count). The monoisotopic (exact) mass is 332 g/mol. The first-order valence-corrected chi connectivity index (χ1v) is 8.77. The topological polar surface area (TPSA) is 62.2 Å². The van der Waals surface area contributed by atoms with Gasteiger partial charge in [-0.2, -0.15) is 0 Å². The Hall–Kier alpha value is -1.79. The summed E-state index contributed by atoms with van der Waals surface area (Å²) in [5.41, 5.74) is 0.761. The van der Waals surface area contributed by atoms with Crippen molar-refractivity contribution >= 4 is 5.91 Å². The Morgan fingerprint density at radius 3 is 2.75 bits per heavy atom. The lowest BCUT2D eigenvalue weighted by molar-refractivity contribution is -0.148. The van der Waals surface area contributed by atoms with Gasteiger partial charge >= 0.3 is 0 Å². The number of carbonyl (C=O) groups is 1. The van der Waals surface area contributed by atoms with Crippen molar-refractivity contribution < 1.29 is 19.4 Å². The van der Waals surface area contributed by atoms with Crippen LogP contribution in [0.1, 0.15) is 31.2 Å². The fourth-order valence-electron chi connectivity index (χ4n) is 4.35. The number of fused-ring (bicyclic) bond motifs is 1. The number of aliphatic hydroxyl groups excluding tert-OH is 1. The maximum absolute atomic E-state index is 13.1. The molecule has 1 atom stereocenters. The molecule has 1 N–H and O–H groups in total. The zero-order chi connectivity index (χ0) is 16.6. The van der Waals surface area contributed by atoms with Gasteiger partial charge in [0, 0.05) is 19.6 Å². The number of nitrogens with zero attached hydrogens (tertiary/aromatic N) is 2. The zero-order valence-electron chi connectivity index (χ0n) is 13.9. The summed E-state index contributed by atoms with van der Waals surface area (Å²) in [7, 11) is 0. The molecule has 1 amide bonds. The summed E-state index contributed by atoms with van der Waals surface area (Å²) in [5.74, 6) is 1.77. The third-order valence-electron chi connectivity index (χ3n) is 5.51. The van der Waals surface area contributed by atoms with Gasteiger partial charge in [-0.25, -0.2) is 0 Å². The summed E-state index contributed by atoms with van der Waals surface area (Å²) in [6.45, 7) is 3.20. The standard InChI is InChI=1S/C18H24N2O4/c21-10-9-19-7-1-5-18(17(19)22)6-2-8-20(18)12-14-3-4-15-16(11-14)24-13-23-15/h3-4,11,21H,1-2,5-10,12-13H2. The predicted molar refractivity (Wildman–Crippen MR) is 87.8 cm³/mol. The lowest BCUT2D eigenvalue weighted by Gasteiger charge is -2.44. The number of likely N-dealkylation sites (tertiary alicyclic amines) is 2. The number of rotatable bonds is 4. The Labute approximate surface area is 141 Å². The van der Waals surface area contributed by atoms with Crippen molar-refractivity contribution in [1.82, 2.24) is 9.80 Å². The van der Waals surface area contributed by atoms with Gasteiger partial charge in [0.2, 0.25) is 12.7 Å². The predicted octanol–water partition coefficient (Wildman–Crippen LogP) is 1.36. The maximum Gasteiger partial charge on any atom is 0.243 e. The van der Waals surface area contributed by atoms with E-state index in [0.717, 1.165) is 62.4 Å². The van der Waals surface area contributed by atoms with Crippen LogP contribution >= 0.6 is 0 Å². The van der Waals surface area contributed by atoms with Crippen LogP contribution in [-0.4, -0.2) is 59.4 Å². The summed E-state index contributed by atoms with van der Waals surface area (Å²) < 4.78 is 10.8. The van der Waals surface area contributed by atoms with Gasteiger partial charge in [0.1, 0.15) is 5.54 Å². The molecule has 2 fully saturated rings. The van der Waals surface area contributed by atoms with Crippen molar-refractivity contribution in [3.8, 4) is 11.5 Å². The minimum atomic E-state index is -0.385. The van der Waals surface area contributed by atoms with E-state index in [2.05, 4.69) is 11.0 Å². The lowest BCUT2D eigenvalue weighted by atomic mass is 9.85. The van der Waals surface area contributed by atoms with Crippen LogP contribution in [0.2, 0.25) is 0 Å². The van der Waals surface area contributed by atoms with Gasteiger partial charge in [0.25, 0.3) is 0 Å². The van der Waals surface area contributed by atoms with Crippen molar-refractivity contribution in [2.45, 2.75) is 37.8 Å². The highest BCUT2D eigenvalue weighted by atomic mass is 16.7. The van der Waals surface area contributed by atoms with E-state index in [1.54, 1.807) is 0 Å². The summed E-state index contributed by atoms with van der Waals surface area (Å²) in [6.07, 6.45) is 3.88. The SMILES string of the molecule is O=C1N(CCO)CCCC12CCCN2Cc1ccc2c(c1)OCO2. The highest BCUT2D eigenvalue weighted by Gasteiger charge is 2.50. The second-order valence-corrected chi connectivity index (χ2v) is 6.86. The summed E-state index contributed by atoms with van der Waals surface area (Å²) >= 11 is 0. The second kappa shape index (κ2) is 6.26. The molecule has 0 aliphatic carbocycles. The van der Waals surface area contributed by atoms with Crippen LogP contribution in [0.25, 0.3) is 0 Å². The number of amides is 1. The summed E-state index contributed by atoms with van der Waals surface area (Å²) in [4.78, 5) is 17.2. The van der Waals surface area contributed by atoms with Gasteiger partial charge in [-0.3, -0.25) is 9.69 Å². The number of benzene rings is 1. The molecule has 3 heterocycles. The highest BCUT2D eigenvalue weighted by molar-refractivity contribution is 5.87. The molecule has 1 aromatic rings. The van der Waals surface area contributed by atoms with Crippen LogP contribution in [0.3, 0.4) is 0 Å². The number of aliphatic hydroxyl groups is 1. The van der Waals surface area contributed by atoms with Crippen LogP contribution in [0, 0.1) is 0 Å². The van der Waals surface area contributed by atoms with Gasteiger partial charge in [0.15, 0.2) is 11.5 Å². The van der Waals surface area contributed by atoms with Crippen molar-refractivity contribution in [1.29, 1.82) is 0 Å². The van der Waals surface area contributed by atoms with E-state index in [9.17, 15) is 9.90 Å². The molecular weight excluding hydrogens is 308 g/mol. The summed E-state index contributed by atoms with van der Waals surface area (Å²) in [6, 6.07) is 6.02. The fraction of sp³-hybridized carbons (Fsp3) is 0.611. The quantitative estimate of drug-likeness (QED) is 0.902. The second-order valence-electron chi connectivity index (χ2n) is 6.86. The van der Waals surface area contributed by atoms with Gasteiger partial charge in [-0.05, 0) is 49.9 Å². The average molecular weight is 332 g/mol. The van der Waals surface area contributed by atoms with Crippen LogP contribution in [0.15, 0.2) is 18.2 Å². The van der Waals surface area contributed by atoms with E-state index >= 15 is 0 Å². The molecule has 0 radical (unpaired) electrons. The Morgan fingerprint density at radius 2 is 1.92 bits per heavy atom. The first-order chi connectivity index (χ1) is 11.7. The van der Waals surface area contributed by atoms with E-state index in [1.807, 2.05) is 17.0 Å². The minimum Gasteiger partial charge on any atom is -0.454 e. The molecule has 0 bridgehead atoms. The molecule has 24 heavy (non-hydrogen) atoms. The number of carbonyl (C=O) groups excluding carboxylic acids is 1. The Balaban J connectivity index is 1.55. The smallest absolute Gasteiger partial charge is 0.243 e. The number of hydrogen-bond donors (Lipinski definition) is 1. The molecular formula is C18H24N2O4.